The highest BCUT2D eigenvalue weighted by atomic mass is 19.4. The van der Waals surface area contributed by atoms with E-state index in [4.69, 9.17) is 0 Å². The molecule has 0 unspecified atom stereocenters. The molecule has 0 N–H and O–H groups in total. The van der Waals surface area contributed by atoms with Crippen molar-refractivity contribution < 1.29 is 17.9 Å². The molecule has 0 aromatic rings. The average molecular weight is 152 g/mol. The van der Waals surface area contributed by atoms with Crippen molar-refractivity contribution in [1.29, 1.82) is 0 Å². The largest absolute Gasteiger partial charge is 0.573 e. The number of hydrogen-bond acceptors (Lipinski definition) is 1. The van der Waals surface area contributed by atoms with Crippen molar-refractivity contribution in [1.82, 2.24) is 0 Å². The number of allylic oxidation sites excluding steroid dienone is 2. The lowest BCUT2D eigenvalue weighted by Gasteiger charge is -2.07. The van der Waals surface area contributed by atoms with E-state index in [1.165, 1.54) is 13.0 Å². The van der Waals surface area contributed by atoms with Crippen LogP contribution in [0.5, 0.6) is 0 Å². The van der Waals surface area contributed by atoms with Gasteiger partial charge < -0.3 is 4.74 Å². The summed E-state index contributed by atoms with van der Waals surface area (Å²) in [4.78, 5) is 0. The summed E-state index contributed by atoms with van der Waals surface area (Å²) < 4.78 is 37.6. The summed E-state index contributed by atoms with van der Waals surface area (Å²) in [5.74, 6) is -0.285. The zero-order valence-electron chi connectivity index (χ0n) is 5.40. The molecule has 10 heavy (non-hydrogen) atoms. The van der Waals surface area contributed by atoms with Gasteiger partial charge in [0, 0.05) is 0 Å². The second-order valence-electron chi connectivity index (χ2n) is 1.44. The Morgan fingerprint density at radius 3 is 2.10 bits per heavy atom. The van der Waals surface area contributed by atoms with Crippen molar-refractivity contribution in [2.24, 2.45) is 0 Å². The lowest BCUT2D eigenvalue weighted by atomic mass is 10.5. The molecule has 0 saturated carbocycles. The van der Waals surface area contributed by atoms with Crippen LogP contribution in [0.2, 0.25) is 0 Å². The van der Waals surface area contributed by atoms with Crippen LogP contribution in [0.25, 0.3) is 0 Å². The van der Waals surface area contributed by atoms with Crippen LogP contribution in [0.15, 0.2) is 24.5 Å². The summed E-state index contributed by atoms with van der Waals surface area (Å²) >= 11 is 0. The van der Waals surface area contributed by atoms with E-state index in [1.54, 1.807) is 0 Å². The van der Waals surface area contributed by atoms with E-state index in [2.05, 4.69) is 11.3 Å². The van der Waals surface area contributed by atoms with Gasteiger partial charge in [-0.25, -0.2) is 0 Å². The van der Waals surface area contributed by atoms with Crippen LogP contribution in [0.4, 0.5) is 13.2 Å². The summed E-state index contributed by atoms with van der Waals surface area (Å²) in [5.41, 5.74) is 0. The summed E-state index contributed by atoms with van der Waals surface area (Å²) in [5, 5.41) is 0. The van der Waals surface area contributed by atoms with E-state index in [-0.39, 0.29) is 5.76 Å². The van der Waals surface area contributed by atoms with Gasteiger partial charge in [-0.05, 0) is 19.1 Å². The predicted molar refractivity (Wildman–Crippen MR) is 31.1 cm³/mol. The van der Waals surface area contributed by atoms with Crippen LogP contribution in [0, 0.1) is 0 Å². The Labute approximate surface area is 56.8 Å². The van der Waals surface area contributed by atoms with Crippen molar-refractivity contribution in [2.45, 2.75) is 13.3 Å². The molecule has 58 valence electrons. The highest BCUT2D eigenvalue weighted by Crippen LogP contribution is 2.20. The first kappa shape index (κ1) is 9.07. The van der Waals surface area contributed by atoms with E-state index in [1.807, 2.05) is 0 Å². The molecular weight excluding hydrogens is 145 g/mol. The third-order valence-corrected chi connectivity index (χ3v) is 0.719. The van der Waals surface area contributed by atoms with Crippen molar-refractivity contribution >= 4 is 0 Å². The third-order valence-electron chi connectivity index (χ3n) is 0.719. The fraction of sp³-hybridized carbons (Fsp3) is 0.333. The Kier molecular flexibility index (Phi) is 2.99. The molecule has 0 heterocycles. The monoisotopic (exact) mass is 152 g/mol. The normalized spacial score (nSPS) is 13.0. The molecule has 0 atom stereocenters. The SMILES string of the molecule is C=C/C(=C\C)OC(F)(F)F. The van der Waals surface area contributed by atoms with Gasteiger partial charge in [0.25, 0.3) is 0 Å². The van der Waals surface area contributed by atoms with Gasteiger partial charge in [-0.3, -0.25) is 0 Å². The molecule has 0 bridgehead atoms. The Morgan fingerprint density at radius 1 is 1.50 bits per heavy atom. The molecule has 0 aromatic heterocycles. The van der Waals surface area contributed by atoms with E-state index in [9.17, 15) is 13.2 Å². The smallest absolute Gasteiger partial charge is 0.406 e. The van der Waals surface area contributed by atoms with E-state index in [0.29, 0.717) is 0 Å². The highest BCUT2D eigenvalue weighted by molar-refractivity contribution is 5.06. The van der Waals surface area contributed by atoms with Crippen LogP contribution in [-0.4, -0.2) is 6.36 Å². The van der Waals surface area contributed by atoms with Crippen LogP contribution in [-0.2, 0) is 4.74 Å². The molecule has 0 fully saturated rings. The first-order chi connectivity index (χ1) is 4.49. The predicted octanol–water partition coefficient (Wildman–Crippen LogP) is 2.61. The summed E-state index contributed by atoms with van der Waals surface area (Å²) in [7, 11) is 0. The van der Waals surface area contributed by atoms with E-state index < -0.39 is 6.36 Å². The number of ether oxygens (including phenoxy) is 1. The van der Waals surface area contributed by atoms with Crippen LogP contribution < -0.4 is 0 Å². The van der Waals surface area contributed by atoms with Gasteiger partial charge in [0.05, 0.1) is 0 Å². The van der Waals surface area contributed by atoms with Crippen LogP contribution >= 0.6 is 0 Å². The lowest BCUT2D eigenvalue weighted by Crippen LogP contribution is -2.11. The first-order valence-corrected chi connectivity index (χ1v) is 2.54. The molecule has 4 heteroatoms. The number of hydrogen-bond donors (Lipinski definition) is 0. The van der Waals surface area contributed by atoms with Crippen molar-refractivity contribution in [3.8, 4) is 0 Å². The second-order valence-corrected chi connectivity index (χ2v) is 1.44. The maximum Gasteiger partial charge on any atom is 0.573 e. The molecule has 0 aromatic carbocycles. The van der Waals surface area contributed by atoms with Gasteiger partial charge in [-0.15, -0.1) is 13.2 Å². The molecule has 0 rings (SSSR count). The van der Waals surface area contributed by atoms with Gasteiger partial charge in [0.2, 0.25) is 0 Å². The quantitative estimate of drug-likeness (QED) is 0.436. The minimum absolute atomic E-state index is 0.285. The minimum atomic E-state index is -4.62. The highest BCUT2D eigenvalue weighted by Gasteiger charge is 2.30. The summed E-state index contributed by atoms with van der Waals surface area (Å²) in [6.45, 7) is 4.56. The van der Waals surface area contributed by atoms with Gasteiger partial charge in [0.15, 0.2) is 0 Å². The number of halogens is 3. The fourth-order valence-electron chi connectivity index (χ4n) is 0.352. The summed E-state index contributed by atoms with van der Waals surface area (Å²) in [6, 6.07) is 0. The Bertz CT molecular complexity index is 146. The van der Waals surface area contributed by atoms with Crippen molar-refractivity contribution in [3.05, 3.63) is 24.5 Å². The maximum atomic E-state index is 11.4. The Morgan fingerprint density at radius 2 is 2.00 bits per heavy atom. The minimum Gasteiger partial charge on any atom is -0.406 e. The van der Waals surface area contributed by atoms with Crippen molar-refractivity contribution in [2.75, 3.05) is 0 Å². The van der Waals surface area contributed by atoms with Gasteiger partial charge in [-0.1, -0.05) is 6.58 Å². The van der Waals surface area contributed by atoms with E-state index in [0.717, 1.165) is 6.08 Å². The van der Waals surface area contributed by atoms with Gasteiger partial charge >= 0.3 is 6.36 Å². The standard InChI is InChI=1S/C6H7F3O/c1-3-5(4-2)10-6(7,8)9/h3-4H,1H2,2H3/b5-4+. The molecular formula is C6H7F3O. The molecule has 0 aliphatic rings. The Hall–Kier alpha value is -0.930. The first-order valence-electron chi connectivity index (χ1n) is 2.54. The topological polar surface area (TPSA) is 9.23 Å². The van der Waals surface area contributed by atoms with Crippen LogP contribution in [0.1, 0.15) is 6.92 Å². The second kappa shape index (κ2) is 3.29. The lowest BCUT2D eigenvalue weighted by molar-refractivity contribution is -0.303. The molecule has 0 aliphatic heterocycles. The van der Waals surface area contributed by atoms with Gasteiger partial charge in [-0.2, -0.15) is 0 Å². The number of rotatable bonds is 2. The van der Waals surface area contributed by atoms with E-state index >= 15 is 0 Å². The molecule has 0 spiro atoms. The van der Waals surface area contributed by atoms with Gasteiger partial charge in [0.1, 0.15) is 5.76 Å². The molecule has 0 aliphatic carbocycles. The zero-order chi connectivity index (χ0) is 8.20. The van der Waals surface area contributed by atoms with Crippen molar-refractivity contribution in [3.63, 3.8) is 0 Å². The molecule has 0 radical (unpaired) electrons. The molecule has 1 nitrogen and oxygen atoms in total. The molecule has 0 saturated heterocycles. The van der Waals surface area contributed by atoms with Crippen LogP contribution in [0.3, 0.4) is 0 Å². The fourth-order valence-corrected chi connectivity index (χ4v) is 0.352. The summed E-state index contributed by atoms with van der Waals surface area (Å²) in [6.07, 6.45) is -2.44. The number of alkyl halides is 3. The average Bonchev–Trinajstić information content (AvgIpc) is 1.81. The maximum absolute atomic E-state index is 11.4. The zero-order valence-corrected chi connectivity index (χ0v) is 5.40. The molecule has 0 amide bonds. The Balaban J connectivity index is 4.01. The third kappa shape index (κ3) is 4.00.